The van der Waals surface area contributed by atoms with Gasteiger partial charge in [0.25, 0.3) is 0 Å². The lowest BCUT2D eigenvalue weighted by molar-refractivity contribution is -0.122. The molecule has 1 aromatic carbocycles. The standard InChI is InChI=1S/C19H25N3O3/c23-17(20-14-12-19(25-13-14)9-4-1-5-10-19)8-11-22-16-7-3-2-6-15(16)21-18(22)24/h2-3,6-7,14H,1,4-5,8-13H2,(H,20,23)(H,21,24)/t14-/m1/s1. The summed E-state index contributed by atoms with van der Waals surface area (Å²) in [6, 6.07) is 7.64. The van der Waals surface area contributed by atoms with Crippen LogP contribution in [0, 0.1) is 0 Å². The van der Waals surface area contributed by atoms with Crippen molar-refractivity contribution in [3.05, 3.63) is 34.7 Å². The van der Waals surface area contributed by atoms with Crippen molar-refractivity contribution >= 4 is 16.9 Å². The third kappa shape index (κ3) is 3.35. The zero-order chi connectivity index (χ0) is 17.3. The number of fused-ring (bicyclic) bond motifs is 1. The second-order valence-corrected chi connectivity index (χ2v) is 7.37. The Morgan fingerprint density at radius 1 is 1.28 bits per heavy atom. The first-order valence-corrected chi connectivity index (χ1v) is 9.26. The van der Waals surface area contributed by atoms with E-state index in [1.165, 1.54) is 19.3 Å². The Kier molecular flexibility index (Phi) is 4.37. The van der Waals surface area contributed by atoms with Crippen LogP contribution in [0.3, 0.4) is 0 Å². The first-order valence-electron chi connectivity index (χ1n) is 9.26. The second kappa shape index (κ2) is 6.67. The number of aromatic amines is 1. The van der Waals surface area contributed by atoms with E-state index in [0.717, 1.165) is 30.3 Å². The highest BCUT2D eigenvalue weighted by Crippen LogP contribution is 2.39. The summed E-state index contributed by atoms with van der Waals surface area (Å²) in [6.07, 6.45) is 7.20. The van der Waals surface area contributed by atoms with Crippen LogP contribution >= 0.6 is 0 Å². The van der Waals surface area contributed by atoms with Crippen LogP contribution in [-0.4, -0.2) is 33.7 Å². The number of ether oxygens (including phenoxy) is 1. The molecule has 2 aliphatic rings. The molecule has 1 spiro atoms. The van der Waals surface area contributed by atoms with E-state index in [9.17, 15) is 9.59 Å². The molecule has 4 rings (SSSR count). The highest BCUT2D eigenvalue weighted by atomic mass is 16.5. The number of benzene rings is 1. The van der Waals surface area contributed by atoms with Gasteiger partial charge in [0.2, 0.25) is 5.91 Å². The van der Waals surface area contributed by atoms with Crippen LogP contribution in [0.5, 0.6) is 0 Å². The average molecular weight is 343 g/mol. The molecule has 1 amide bonds. The Morgan fingerprint density at radius 3 is 2.92 bits per heavy atom. The van der Waals surface area contributed by atoms with Crippen molar-refractivity contribution in [2.45, 2.75) is 63.1 Å². The van der Waals surface area contributed by atoms with E-state index in [0.29, 0.717) is 19.6 Å². The summed E-state index contributed by atoms with van der Waals surface area (Å²) < 4.78 is 7.67. The number of hydrogen-bond donors (Lipinski definition) is 2. The van der Waals surface area contributed by atoms with Gasteiger partial charge in [-0.25, -0.2) is 4.79 Å². The number of amides is 1. The minimum Gasteiger partial charge on any atom is -0.373 e. The van der Waals surface area contributed by atoms with Gasteiger partial charge in [0.15, 0.2) is 0 Å². The number of rotatable bonds is 4. The summed E-state index contributed by atoms with van der Waals surface area (Å²) >= 11 is 0. The monoisotopic (exact) mass is 343 g/mol. The lowest BCUT2D eigenvalue weighted by Gasteiger charge is -2.32. The van der Waals surface area contributed by atoms with Gasteiger partial charge in [-0.3, -0.25) is 9.36 Å². The normalized spacial score (nSPS) is 22.5. The molecule has 6 heteroatoms. The summed E-state index contributed by atoms with van der Waals surface area (Å²) in [6.45, 7) is 0.992. The number of aryl methyl sites for hydroxylation is 1. The van der Waals surface area contributed by atoms with E-state index in [1.807, 2.05) is 24.3 Å². The molecule has 2 aromatic rings. The highest BCUT2D eigenvalue weighted by molar-refractivity contribution is 5.77. The van der Waals surface area contributed by atoms with E-state index in [4.69, 9.17) is 4.74 Å². The zero-order valence-electron chi connectivity index (χ0n) is 14.4. The number of imidazole rings is 1. The fourth-order valence-corrected chi connectivity index (χ4v) is 4.32. The molecule has 2 N–H and O–H groups in total. The van der Waals surface area contributed by atoms with Crippen molar-refractivity contribution in [1.29, 1.82) is 0 Å². The number of para-hydroxylation sites is 2. The van der Waals surface area contributed by atoms with Gasteiger partial charge in [-0.05, 0) is 31.4 Å². The molecule has 0 unspecified atom stereocenters. The maximum Gasteiger partial charge on any atom is 0.326 e. The molecule has 0 radical (unpaired) electrons. The third-order valence-electron chi connectivity index (χ3n) is 5.58. The van der Waals surface area contributed by atoms with Crippen molar-refractivity contribution in [1.82, 2.24) is 14.9 Å². The summed E-state index contributed by atoms with van der Waals surface area (Å²) in [4.78, 5) is 27.2. The summed E-state index contributed by atoms with van der Waals surface area (Å²) in [5, 5.41) is 3.09. The Balaban J connectivity index is 1.34. The van der Waals surface area contributed by atoms with Crippen molar-refractivity contribution in [3.8, 4) is 0 Å². The number of carbonyl (C=O) groups excluding carboxylic acids is 1. The van der Waals surface area contributed by atoms with Crippen LogP contribution in [-0.2, 0) is 16.1 Å². The van der Waals surface area contributed by atoms with Crippen LogP contribution < -0.4 is 11.0 Å². The first-order chi connectivity index (χ1) is 12.2. The van der Waals surface area contributed by atoms with Crippen LogP contribution in [0.1, 0.15) is 44.9 Å². The Bertz CT molecular complexity index is 817. The lowest BCUT2D eigenvalue weighted by Crippen LogP contribution is -2.38. The number of hydrogen-bond acceptors (Lipinski definition) is 3. The van der Waals surface area contributed by atoms with Crippen molar-refractivity contribution in [2.75, 3.05) is 6.61 Å². The molecule has 134 valence electrons. The molecule has 1 atom stereocenters. The van der Waals surface area contributed by atoms with E-state index < -0.39 is 0 Å². The number of nitrogens with zero attached hydrogens (tertiary/aromatic N) is 1. The van der Waals surface area contributed by atoms with E-state index in [1.54, 1.807) is 4.57 Å². The molecule has 0 bridgehead atoms. The van der Waals surface area contributed by atoms with Crippen LogP contribution in [0.2, 0.25) is 0 Å². The fraction of sp³-hybridized carbons (Fsp3) is 0.579. The molecular weight excluding hydrogens is 318 g/mol. The zero-order valence-corrected chi connectivity index (χ0v) is 14.4. The molecular formula is C19H25N3O3. The van der Waals surface area contributed by atoms with Gasteiger partial charge in [0.1, 0.15) is 0 Å². The minimum atomic E-state index is -0.167. The lowest BCUT2D eigenvalue weighted by atomic mass is 9.82. The maximum absolute atomic E-state index is 12.3. The van der Waals surface area contributed by atoms with Crippen LogP contribution in [0.15, 0.2) is 29.1 Å². The summed E-state index contributed by atoms with van der Waals surface area (Å²) in [7, 11) is 0. The molecule has 1 aliphatic heterocycles. The number of nitrogens with one attached hydrogen (secondary N) is 2. The SMILES string of the molecule is O=C(CCn1c(=O)[nH]c2ccccc21)N[C@H]1COC2(CCCCC2)C1. The van der Waals surface area contributed by atoms with Gasteiger partial charge in [-0.2, -0.15) is 0 Å². The number of carbonyl (C=O) groups is 1. The van der Waals surface area contributed by atoms with E-state index in [-0.39, 0.29) is 23.2 Å². The fourth-order valence-electron chi connectivity index (χ4n) is 4.32. The number of aromatic nitrogens is 2. The van der Waals surface area contributed by atoms with Crippen molar-refractivity contribution < 1.29 is 9.53 Å². The largest absolute Gasteiger partial charge is 0.373 e. The molecule has 1 aromatic heterocycles. The van der Waals surface area contributed by atoms with Crippen LogP contribution in [0.25, 0.3) is 11.0 Å². The Labute approximate surface area is 146 Å². The molecule has 25 heavy (non-hydrogen) atoms. The predicted molar refractivity (Wildman–Crippen MR) is 95.5 cm³/mol. The molecule has 1 saturated carbocycles. The van der Waals surface area contributed by atoms with E-state index >= 15 is 0 Å². The minimum absolute atomic E-state index is 0.00394. The van der Waals surface area contributed by atoms with Gasteiger partial charge < -0.3 is 15.0 Å². The van der Waals surface area contributed by atoms with Crippen molar-refractivity contribution in [3.63, 3.8) is 0 Å². The van der Waals surface area contributed by atoms with Gasteiger partial charge in [0.05, 0.1) is 29.3 Å². The maximum atomic E-state index is 12.3. The smallest absolute Gasteiger partial charge is 0.326 e. The van der Waals surface area contributed by atoms with Crippen molar-refractivity contribution in [2.24, 2.45) is 0 Å². The highest BCUT2D eigenvalue weighted by Gasteiger charge is 2.41. The first kappa shape index (κ1) is 16.4. The van der Waals surface area contributed by atoms with Crippen LogP contribution in [0.4, 0.5) is 0 Å². The van der Waals surface area contributed by atoms with Gasteiger partial charge >= 0.3 is 5.69 Å². The number of H-pyrrole nitrogens is 1. The quantitative estimate of drug-likeness (QED) is 0.894. The molecule has 1 aliphatic carbocycles. The second-order valence-electron chi connectivity index (χ2n) is 7.37. The van der Waals surface area contributed by atoms with Gasteiger partial charge in [-0.15, -0.1) is 0 Å². The third-order valence-corrected chi connectivity index (χ3v) is 5.58. The molecule has 6 nitrogen and oxygen atoms in total. The van der Waals surface area contributed by atoms with Gasteiger partial charge in [0, 0.05) is 13.0 Å². The average Bonchev–Trinajstić information content (AvgIpc) is 3.14. The summed E-state index contributed by atoms with van der Waals surface area (Å²) in [5.41, 5.74) is 1.48. The van der Waals surface area contributed by atoms with E-state index in [2.05, 4.69) is 10.3 Å². The Morgan fingerprint density at radius 2 is 2.08 bits per heavy atom. The molecule has 2 heterocycles. The predicted octanol–water partition coefficient (Wildman–Crippen LogP) is 2.33. The molecule has 2 fully saturated rings. The summed E-state index contributed by atoms with van der Waals surface area (Å²) in [5.74, 6) is -0.0151. The Hall–Kier alpha value is -2.08. The topological polar surface area (TPSA) is 76.1 Å². The van der Waals surface area contributed by atoms with Gasteiger partial charge in [-0.1, -0.05) is 31.4 Å². The molecule has 1 saturated heterocycles.